The normalized spacial score (nSPS) is 9.64. The standard InChI is InChI=1S/C8H14N2O2.C2H6/c1-4-10(3)5-7(2)8(12)9-6-11;1-2/h5-6H,4H2,1-3H3,(H,9,11,12);1-2H3/b7-5-;. The van der Waals surface area contributed by atoms with E-state index in [0.717, 1.165) is 6.54 Å². The van der Waals surface area contributed by atoms with Crippen LogP contribution in [0.25, 0.3) is 0 Å². The molecule has 0 atom stereocenters. The molecule has 4 nitrogen and oxygen atoms in total. The Morgan fingerprint density at radius 3 is 2.29 bits per heavy atom. The van der Waals surface area contributed by atoms with Crippen LogP contribution in [0.5, 0.6) is 0 Å². The predicted octanol–water partition coefficient (Wildman–Crippen LogP) is 1.14. The van der Waals surface area contributed by atoms with Gasteiger partial charge in [0.25, 0.3) is 5.91 Å². The molecule has 0 aromatic rings. The minimum atomic E-state index is -0.356. The van der Waals surface area contributed by atoms with Crippen LogP contribution in [0.15, 0.2) is 11.8 Å². The molecule has 1 N–H and O–H groups in total. The zero-order chi connectivity index (χ0) is 11.6. The number of rotatable bonds is 4. The number of nitrogens with one attached hydrogen (secondary N) is 1. The average molecular weight is 200 g/mol. The monoisotopic (exact) mass is 200 g/mol. The van der Waals surface area contributed by atoms with Gasteiger partial charge in [-0.25, -0.2) is 0 Å². The molecule has 4 heteroatoms. The summed E-state index contributed by atoms with van der Waals surface area (Å²) in [5.41, 5.74) is 0.520. The number of carbonyl (C=O) groups excluding carboxylic acids is 2. The molecule has 0 spiro atoms. The first kappa shape index (κ1) is 15.2. The molecule has 14 heavy (non-hydrogen) atoms. The van der Waals surface area contributed by atoms with E-state index in [1.165, 1.54) is 0 Å². The second kappa shape index (κ2) is 9.77. The van der Waals surface area contributed by atoms with Crippen molar-refractivity contribution >= 4 is 12.3 Å². The second-order valence-electron chi connectivity index (χ2n) is 2.48. The Kier molecular flexibility index (Phi) is 10.6. The average Bonchev–Trinajstić information content (AvgIpc) is 2.21. The molecule has 0 aliphatic carbocycles. The van der Waals surface area contributed by atoms with Crippen LogP contribution in [0.3, 0.4) is 0 Å². The van der Waals surface area contributed by atoms with Gasteiger partial charge in [0.15, 0.2) is 0 Å². The minimum Gasteiger partial charge on any atom is -0.380 e. The Bertz CT molecular complexity index is 200. The fourth-order valence-electron chi connectivity index (χ4n) is 0.648. The number of nitrogens with zero attached hydrogens (tertiary/aromatic N) is 1. The van der Waals surface area contributed by atoms with E-state index in [0.29, 0.717) is 12.0 Å². The Hall–Kier alpha value is -1.32. The second-order valence-corrected chi connectivity index (χ2v) is 2.48. The maximum Gasteiger partial charge on any atom is 0.254 e. The van der Waals surface area contributed by atoms with Crippen molar-refractivity contribution in [3.05, 3.63) is 11.8 Å². The lowest BCUT2D eigenvalue weighted by molar-refractivity contribution is -0.122. The maximum atomic E-state index is 11.0. The molecule has 0 saturated heterocycles. The maximum absolute atomic E-state index is 11.0. The summed E-state index contributed by atoms with van der Waals surface area (Å²) < 4.78 is 0. The first-order valence-corrected chi connectivity index (χ1v) is 4.75. The van der Waals surface area contributed by atoms with Crippen molar-refractivity contribution in [1.82, 2.24) is 10.2 Å². The molecule has 0 aromatic heterocycles. The predicted molar refractivity (Wildman–Crippen MR) is 57.6 cm³/mol. The SMILES string of the molecule is CC.CCN(C)/C=C(/C)C(=O)NC=O. The van der Waals surface area contributed by atoms with E-state index in [4.69, 9.17) is 0 Å². The summed E-state index contributed by atoms with van der Waals surface area (Å²) in [7, 11) is 1.86. The van der Waals surface area contributed by atoms with Crippen molar-refractivity contribution < 1.29 is 9.59 Å². The highest BCUT2D eigenvalue weighted by atomic mass is 16.2. The van der Waals surface area contributed by atoms with Gasteiger partial charge in [-0.05, 0) is 13.8 Å². The molecule has 0 heterocycles. The summed E-state index contributed by atoms with van der Waals surface area (Å²) in [5.74, 6) is -0.356. The lowest BCUT2D eigenvalue weighted by Crippen LogP contribution is -2.23. The Morgan fingerprint density at radius 2 is 1.93 bits per heavy atom. The summed E-state index contributed by atoms with van der Waals surface area (Å²) in [4.78, 5) is 22.7. The van der Waals surface area contributed by atoms with Gasteiger partial charge < -0.3 is 4.90 Å². The third-order valence-electron chi connectivity index (χ3n) is 1.46. The van der Waals surface area contributed by atoms with E-state index in [-0.39, 0.29) is 5.91 Å². The number of hydrogen-bond acceptors (Lipinski definition) is 3. The van der Waals surface area contributed by atoms with Crippen LogP contribution in [-0.4, -0.2) is 30.8 Å². The van der Waals surface area contributed by atoms with Crippen LogP contribution in [0, 0.1) is 0 Å². The van der Waals surface area contributed by atoms with Crippen LogP contribution in [-0.2, 0) is 9.59 Å². The minimum absolute atomic E-state index is 0.356. The molecule has 0 bridgehead atoms. The van der Waals surface area contributed by atoms with E-state index in [9.17, 15) is 9.59 Å². The highest BCUT2D eigenvalue weighted by Gasteiger charge is 2.01. The van der Waals surface area contributed by atoms with Gasteiger partial charge >= 0.3 is 0 Å². The molecule has 0 saturated carbocycles. The lowest BCUT2D eigenvalue weighted by atomic mass is 10.3. The van der Waals surface area contributed by atoms with Gasteiger partial charge in [-0.1, -0.05) is 13.8 Å². The van der Waals surface area contributed by atoms with Crippen molar-refractivity contribution in [1.29, 1.82) is 0 Å². The van der Waals surface area contributed by atoms with Crippen molar-refractivity contribution in [3.8, 4) is 0 Å². The molecule has 2 amide bonds. The number of hydrogen-bond donors (Lipinski definition) is 1. The number of carbonyl (C=O) groups is 2. The number of amides is 2. The van der Waals surface area contributed by atoms with Gasteiger partial charge in [0.2, 0.25) is 6.41 Å². The van der Waals surface area contributed by atoms with Gasteiger partial charge in [0.1, 0.15) is 0 Å². The first-order chi connectivity index (χ1) is 6.61. The summed E-state index contributed by atoms with van der Waals surface area (Å²) in [5, 5.41) is 2.06. The molecule has 0 fully saturated rings. The molecule has 82 valence electrons. The van der Waals surface area contributed by atoms with Crippen LogP contribution in [0.1, 0.15) is 27.7 Å². The molecule has 0 aromatic carbocycles. The molecular weight excluding hydrogens is 180 g/mol. The highest BCUT2D eigenvalue weighted by Crippen LogP contribution is 1.94. The lowest BCUT2D eigenvalue weighted by Gasteiger charge is -2.11. The molecule has 0 unspecified atom stereocenters. The summed E-state index contributed by atoms with van der Waals surface area (Å²) >= 11 is 0. The highest BCUT2D eigenvalue weighted by molar-refractivity contribution is 5.98. The Labute approximate surface area is 86.0 Å². The van der Waals surface area contributed by atoms with Gasteiger partial charge in [0.05, 0.1) is 0 Å². The molecular formula is C10H20N2O2. The van der Waals surface area contributed by atoms with Crippen LogP contribution in [0.2, 0.25) is 0 Å². The zero-order valence-electron chi connectivity index (χ0n) is 9.63. The van der Waals surface area contributed by atoms with E-state index in [2.05, 4.69) is 5.32 Å². The first-order valence-electron chi connectivity index (χ1n) is 4.75. The van der Waals surface area contributed by atoms with Crippen molar-refractivity contribution in [2.45, 2.75) is 27.7 Å². The zero-order valence-corrected chi connectivity index (χ0v) is 9.63. The van der Waals surface area contributed by atoms with Gasteiger partial charge in [-0.3, -0.25) is 14.9 Å². The smallest absolute Gasteiger partial charge is 0.254 e. The fraction of sp³-hybridized carbons (Fsp3) is 0.600. The summed E-state index contributed by atoms with van der Waals surface area (Å²) in [6.07, 6.45) is 2.07. The van der Waals surface area contributed by atoms with Crippen LogP contribution >= 0.6 is 0 Å². The molecule has 0 aliphatic rings. The van der Waals surface area contributed by atoms with Crippen molar-refractivity contribution in [3.63, 3.8) is 0 Å². The third kappa shape index (κ3) is 7.34. The van der Waals surface area contributed by atoms with Gasteiger partial charge in [0, 0.05) is 25.4 Å². The Balaban J connectivity index is 0. The van der Waals surface area contributed by atoms with Crippen LogP contribution < -0.4 is 5.32 Å². The fourth-order valence-corrected chi connectivity index (χ4v) is 0.648. The largest absolute Gasteiger partial charge is 0.380 e. The quantitative estimate of drug-likeness (QED) is 0.547. The summed E-state index contributed by atoms with van der Waals surface area (Å²) in [6.45, 7) is 8.46. The summed E-state index contributed by atoms with van der Waals surface area (Å²) in [6, 6.07) is 0. The van der Waals surface area contributed by atoms with Crippen LogP contribution in [0.4, 0.5) is 0 Å². The van der Waals surface area contributed by atoms with Crippen molar-refractivity contribution in [2.24, 2.45) is 0 Å². The topological polar surface area (TPSA) is 49.4 Å². The van der Waals surface area contributed by atoms with E-state index in [1.54, 1.807) is 13.1 Å². The van der Waals surface area contributed by atoms with E-state index < -0.39 is 0 Å². The van der Waals surface area contributed by atoms with E-state index >= 15 is 0 Å². The van der Waals surface area contributed by atoms with Crippen molar-refractivity contribution in [2.75, 3.05) is 13.6 Å². The molecule has 0 rings (SSSR count). The Morgan fingerprint density at radius 1 is 1.43 bits per heavy atom. The van der Waals surface area contributed by atoms with Gasteiger partial charge in [-0.15, -0.1) is 0 Å². The third-order valence-corrected chi connectivity index (χ3v) is 1.46. The molecule has 0 aliphatic heterocycles. The van der Waals surface area contributed by atoms with E-state index in [1.807, 2.05) is 32.7 Å². The van der Waals surface area contributed by atoms with Gasteiger partial charge in [-0.2, -0.15) is 0 Å². The molecule has 0 radical (unpaired) electrons. The number of imide groups is 1.